The van der Waals surface area contributed by atoms with Crippen LogP contribution in [0, 0.1) is 6.92 Å². The van der Waals surface area contributed by atoms with Crippen molar-refractivity contribution in [1.82, 2.24) is 24.9 Å². The summed E-state index contributed by atoms with van der Waals surface area (Å²) in [4.78, 5) is 32.7. The third-order valence-corrected chi connectivity index (χ3v) is 8.34. The van der Waals surface area contributed by atoms with Gasteiger partial charge in [-0.1, -0.05) is 65.8 Å². The number of anilines is 1. The maximum Gasteiger partial charge on any atom is 0.330 e. The number of nitrogens with zero attached hydrogens (tertiary/aromatic N) is 3. The molecule has 1 fully saturated rings. The molecule has 3 atom stereocenters. The van der Waals surface area contributed by atoms with E-state index in [9.17, 15) is 18.0 Å². The van der Waals surface area contributed by atoms with Gasteiger partial charge in [-0.05, 0) is 55.2 Å². The van der Waals surface area contributed by atoms with Crippen LogP contribution < -0.4 is 24.4 Å². The van der Waals surface area contributed by atoms with Gasteiger partial charge in [0.1, 0.15) is 17.3 Å². The highest BCUT2D eigenvalue weighted by molar-refractivity contribution is 7.88. The zero-order chi connectivity index (χ0) is 30.6. The molecule has 0 radical (unpaired) electrons. The molecule has 3 N–H and O–H groups in total. The minimum Gasteiger partial charge on any atom is -0.497 e. The Morgan fingerprint density at radius 3 is 2.30 bits per heavy atom. The molecule has 3 amide bonds. The van der Waals surface area contributed by atoms with E-state index in [0.717, 1.165) is 11.1 Å². The Bertz CT molecular complexity index is 1680. The molecule has 1 aromatic heterocycles. The molecule has 0 aliphatic heterocycles. The molecule has 3 aromatic carbocycles. The van der Waals surface area contributed by atoms with Crippen molar-refractivity contribution in [3.05, 3.63) is 108 Å². The molecule has 1 unspecified atom stereocenters. The van der Waals surface area contributed by atoms with Crippen LogP contribution in [0.2, 0.25) is 0 Å². The van der Waals surface area contributed by atoms with Gasteiger partial charge >= 0.3 is 16.2 Å². The van der Waals surface area contributed by atoms with Crippen LogP contribution in [0.15, 0.2) is 89.5 Å². The second kappa shape index (κ2) is 12.2. The van der Waals surface area contributed by atoms with E-state index >= 15 is 0 Å². The molecule has 13 heteroatoms. The molecule has 0 bridgehead atoms. The van der Waals surface area contributed by atoms with Gasteiger partial charge < -0.3 is 19.5 Å². The molecular weight excluding hydrogens is 572 g/mol. The van der Waals surface area contributed by atoms with E-state index < -0.39 is 33.7 Å². The molecule has 1 saturated carbocycles. The maximum absolute atomic E-state index is 13.9. The summed E-state index contributed by atoms with van der Waals surface area (Å²) in [6, 6.07) is 23.3. The molecular formula is C30H32N6O6S. The van der Waals surface area contributed by atoms with E-state index in [1.165, 1.54) is 4.90 Å². The number of hydrogen-bond acceptors (Lipinski definition) is 8. The van der Waals surface area contributed by atoms with Crippen molar-refractivity contribution >= 4 is 27.8 Å². The smallest absolute Gasteiger partial charge is 0.330 e. The first-order valence-corrected chi connectivity index (χ1v) is 15.0. The summed E-state index contributed by atoms with van der Waals surface area (Å²) >= 11 is 0. The van der Waals surface area contributed by atoms with Crippen molar-refractivity contribution in [2.24, 2.45) is 0 Å². The predicted octanol–water partition coefficient (Wildman–Crippen LogP) is 3.39. The molecule has 224 valence electrons. The number of urea groups is 1. The lowest BCUT2D eigenvalue weighted by molar-refractivity contribution is -0.121. The number of benzene rings is 3. The first-order valence-electron chi connectivity index (χ1n) is 13.5. The van der Waals surface area contributed by atoms with E-state index in [0.29, 0.717) is 17.3 Å². The third kappa shape index (κ3) is 6.84. The van der Waals surface area contributed by atoms with E-state index in [4.69, 9.17) is 9.26 Å². The molecule has 4 aromatic rings. The number of aryl methyl sites for hydroxylation is 1. The number of amides is 3. The minimum absolute atomic E-state index is 0.0474. The highest BCUT2D eigenvalue weighted by Gasteiger charge is 2.63. The summed E-state index contributed by atoms with van der Waals surface area (Å²) < 4.78 is 41.3. The first-order chi connectivity index (χ1) is 20.6. The van der Waals surface area contributed by atoms with Gasteiger partial charge in [-0.3, -0.25) is 4.79 Å². The topological polar surface area (TPSA) is 156 Å². The molecule has 12 nitrogen and oxygen atoms in total. The monoisotopic (exact) mass is 604 g/mol. The average Bonchev–Trinajstić information content (AvgIpc) is 3.56. The number of carbonyl (C=O) groups is 2. The van der Waals surface area contributed by atoms with Crippen LogP contribution in [-0.2, 0) is 21.4 Å². The summed E-state index contributed by atoms with van der Waals surface area (Å²) in [5.41, 5.74) is 0.863. The van der Waals surface area contributed by atoms with Gasteiger partial charge in [-0.2, -0.15) is 18.1 Å². The van der Waals surface area contributed by atoms with Crippen molar-refractivity contribution in [3.8, 4) is 5.75 Å². The Labute approximate surface area is 249 Å². The molecule has 0 spiro atoms. The van der Waals surface area contributed by atoms with E-state index in [2.05, 4.69) is 20.2 Å². The van der Waals surface area contributed by atoms with Gasteiger partial charge in [-0.15, -0.1) is 0 Å². The van der Waals surface area contributed by atoms with Gasteiger partial charge in [0, 0.05) is 18.7 Å². The lowest BCUT2D eigenvalue weighted by Crippen LogP contribution is -2.56. The summed E-state index contributed by atoms with van der Waals surface area (Å²) in [6.07, 6.45) is 0.477. The van der Waals surface area contributed by atoms with Gasteiger partial charge in [0.2, 0.25) is 5.89 Å². The number of ether oxygens (including phenoxy) is 1. The van der Waals surface area contributed by atoms with Gasteiger partial charge in [0.15, 0.2) is 5.82 Å². The van der Waals surface area contributed by atoms with Crippen molar-refractivity contribution in [2.75, 3.05) is 19.1 Å². The fourth-order valence-electron chi connectivity index (χ4n) is 5.05. The van der Waals surface area contributed by atoms with Crippen LogP contribution in [0.5, 0.6) is 5.75 Å². The number of nitrogens with one attached hydrogen (secondary N) is 3. The van der Waals surface area contributed by atoms with Gasteiger partial charge in [0.05, 0.1) is 7.11 Å². The van der Waals surface area contributed by atoms with Crippen molar-refractivity contribution < 1.29 is 27.3 Å². The van der Waals surface area contributed by atoms with Gasteiger partial charge in [-0.25, -0.2) is 9.52 Å². The second-order valence-corrected chi connectivity index (χ2v) is 11.7. The Balaban J connectivity index is 1.35. The van der Waals surface area contributed by atoms with Crippen LogP contribution in [-0.4, -0.2) is 50.2 Å². The van der Waals surface area contributed by atoms with Crippen LogP contribution in [0.4, 0.5) is 10.5 Å². The number of hydrogen-bond donors (Lipinski definition) is 3. The number of aromatic nitrogens is 2. The van der Waals surface area contributed by atoms with E-state index in [-0.39, 0.29) is 24.7 Å². The normalized spacial score (nSPS) is 18.3. The Hall–Kier alpha value is -4.75. The SMILES string of the molecule is COc1ccc(N(C)C(=O)[C@]2(NC(=O)NS(=O)(=O)N[C@@H](Cc3ccccc3)c3nc(C)no3)CC2c2ccccc2)cc1. The number of carbonyl (C=O) groups excluding carboxylic acids is 2. The van der Waals surface area contributed by atoms with Crippen LogP contribution in [0.25, 0.3) is 0 Å². The zero-order valence-electron chi connectivity index (χ0n) is 23.9. The van der Waals surface area contributed by atoms with Crippen molar-refractivity contribution in [3.63, 3.8) is 0 Å². The standard InChI is InChI=1S/C30H32N6O6S/c1-20-31-27(42-33-20)26(18-21-10-6-4-7-11-21)34-43(39,40)35-29(38)32-30(19-25(30)22-12-8-5-9-13-22)28(37)36(2)23-14-16-24(41-3)17-15-23/h4-17,25-26,34H,18-19H2,1-3H3,(H2,32,35,38)/t25?,26-,30-/m0/s1. The first kappa shape index (κ1) is 29.7. The van der Waals surface area contributed by atoms with Crippen LogP contribution >= 0.6 is 0 Å². The lowest BCUT2D eigenvalue weighted by atomic mass is 10.0. The Morgan fingerprint density at radius 2 is 1.70 bits per heavy atom. The molecule has 0 saturated heterocycles. The van der Waals surface area contributed by atoms with Gasteiger partial charge in [0.25, 0.3) is 5.91 Å². The minimum atomic E-state index is -4.45. The predicted molar refractivity (Wildman–Crippen MR) is 159 cm³/mol. The second-order valence-electron chi connectivity index (χ2n) is 10.3. The molecule has 43 heavy (non-hydrogen) atoms. The zero-order valence-corrected chi connectivity index (χ0v) is 24.7. The maximum atomic E-state index is 13.9. The largest absolute Gasteiger partial charge is 0.497 e. The summed E-state index contributed by atoms with van der Waals surface area (Å²) in [5, 5.41) is 6.44. The molecule has 5 rings (SSSR count). The number of methoxy groups -OCH3 is 1. The molecule has 1 aliphatic rings. The van der Waals surface area contributed by atoms with Crippen molar-refractivity contribution in [1.29, 1.82) is 0 Å². The third-order valence-electron chi connectivity index (χ3n) is 7.29. The summed E-state index contributed by atoms with van der Waals surface area (Å²) in [7, 11) is -1.30. The fraction of sp³-hybridized carbons (Fsp3) is 0.267. The lowest BCUT2D eigenvalue weighted by Gasteiger charge is -2.26. The number of rotatable bonds is 11. The quantitative estimate of drug-likeness (QED) is 0.235. The van der Waals surface area contributed by atoms with Crippen LogP contribution in [0.1, 0.15) is 41.2 Å². The highest BCUT2D eigenvalue weighted by atomic mass is 32.2. The molecule has 1 aliphatic carbocycles. The fourth-order valence-corrected chi connectivity index (χ4v) is 5.96. The van der Waals surface area contributed by atoms with E-state index in [1.807, 2.05) is 65.4 Å². The Morgan fingerprint density at radius 1 is 1.05 bits per heavy atom. The highest BCUT2D eigenvalue weighted by Crippen LogP contribution is 2.52. The summed E-state index contributed by atoms with van der Waals surface area (Å²) in [5.74, 6) is 0.251. The number of likely N-dealkylation sites (N-methyl/N-ethyl adjacent to an activating group) is 1. The van der Waals surface area contributed by atoms with Crippen LogP contribution in [0.3, 0.4) is 0 Å². The Kier molecular flexibility index (Phi) is 8.46. The summed E-state index contributed by atoms with van der Waals surface area (Å²) in [6.45, 7) is 1.62. The van der Waals surface area contributed by atoms with E-state index in [1.54, 1.807) is 45.3 Å². The average molecular weight is 605 g/mol. The molecule has 1 heterocycles. The van der Waals surface area contributed by atoms with Crippen molar-refractivity contribution in [2.45, 2.75) is 37.3 Å².